The third-order valence-electron chi connectivity index (χ3n) is 3.05. The van der Waals surface area contributed by atoms with Crippen molar-refractivity contribution in [3.63, 3.8) is 0 Å². The lowest BCUT2D eigenvalue weighted by Gasteiger charge is -2.21. The van der Waals surface area contributed by atoms with Crippen LogP contribution in [0.5, 0.6) is 0 Å². The first-order chi connectivity index (χ1) is 9.80. The molecule has 21 heavy (non-hydrogen) atoms. The fourth-order valence-corrected chi connectivity index (χ4v) is 2.26. The van der Waals surface area contributed by atoms with Gasteiger partial charge in [-0.1, -0.05) is 35.9 Å². The molecule has 2 aromatic rings. The zero-order valence-corrected chi connectivity index (χ0v) is 11.8. The van der Waals surface area contributed by atoms with Crippen molar-refractivity contribution >= 4 is 17.3 Å². The molecule has 0 aromatic heterocycles. The van der Waals surface area contributed by atoms with Gasteiger partial charge in [-0.05, 0) is 25.1 Å². The largest absolute Gasteiger partial charge is 0.418 e. The summed E-state index contributed by atoms with van der Waals surface area (Å²) in [6.45, 7) is 1.57. The van der Waals surface area contributed by atoms with Crippen LogP contribution in [0, 0.1) is 5.82 Å². The molecule has 2 aromatic carbocycles. The smallest absolute Gasteiger partial charge is 0.377 e. The van der Waals surface area contributed by atoms with E-state index in [1.807, 2.05) is 0 Å². The van der Waals surface area contributed by atoms with Gasteiger partial charge in [0.15, 0.2) is 0 Å². The van der Waals surface area contributed by atoms with E-state index in [0.717, 1.165) is 6.07 Å². The van der Waals surface area contributed by atoms with Gasteiger partial charge in [-0.2, -0.15) is 13.2 Å². The molecule has 0 fully saturated rings. The van der Waals surface area contributed by atoms with Crippen molar-refractivity contribution in [3.8, 4) is 0 Å². The second-order valence-electron chi connectivity index (χ2n) is 4.55. The Hall–Kier alpha value is -1.75. The van der Waals surface area contributed by atoms with E-state index in [4.69, 9.17) is 11.6 Å². The predicted molar refractivity (Wildman–Crippen MR) is 74.9 cm³/mol. The van der Waals surface area contributed by atoms with Crippen LogP contribution in [0.2, 0.25) is 5.02 Å². The number of hydrogen-bond acceptors (Lipinski definition) is 1. The van der Waals surface area contributed by atoms with E-state index in [-0.39, 0.29) is 16.3 Å². The zero-order valence-electron chi connectivity index (χ0n) is 11.0. The maximum Gasteiger partial charge on any atom is 0.418 e. The van der Waals surface area contributed by atoms with E-state index in [9.17, 15) is 17.6 Å². The van der Waals surface area contributed by atoms with Gasteiger partial charge in [0.2, 0.25) is 0 Å². The average molecular weight is 318 g/mol. The first-order valence-corrected chi connectivity index (χ1v) is 6.55. The molecule has 1 N–H and O–H groups in total. The van der Waals surface area contributed by atoms with Crippen LogP contribution < -0.4 is 5.32 Å². The van der Waals surface area contributed by atoms with Gasteiger partial charge in [-0.3, -0.25) is 0 Å². The lowest BCUT2D eigenvalue weighted by atomic mass is 10.1. The molecule has 1 nitrogen and oxygen atoms in total. The molecule has 0 saturated heterocycles. The Bertz CT molecular complexity index is 640. The van der Waals surface area contributed by atoms with Crippen LogP contribution in [0.4, 0.5) is 23.2 Å². The van der Waals surface area contributed by atoms with E-state index >= 15 is 0 Å². The van der Waals surface area contributed by atoms with Gasteiger partial charge in [-0.25, -0.2) is 4.39 Å². The van der Waals surface area contributed by atoms with Crippen LogP contribution in [-0.2, 0) is 6.18 Å². The predicted octanol–water partition coefficient (Wildman–Crippen LogP) is 5.67. The minimum Gasteiger partial charge on any atom is -0.377 e. The molecule has 112 valence electrons. The molecule has 0 aliphatic heterocycles. The highest BCUT2D eigenvalue weighted by Gasteiger charge is 2.34. The molecule has 1 unspecified atom stereocenters. The number of para-hydroxylation sites is 1. The fourth-order valence-electron chi connectivity index (χ4n) is 2.03. The van der Waals surface area contributed by atoms with Gasteiger partial charge in [0, 0.05) is 5.56 Å². The van der Waals surface area contributed by atoms with Crippen LogP contribution in [0.25, 0.3) is 0 Å². The number of anilines is 1. The van der Waals surface area contributed by atoms with Crippen LogP contribution in [-0.4, -0.2) is 0 Å². The van der Waals surface area contributed by atoms with E-state index in [1.54, 1.807) is 13.0 Å². The second kappa shape index (κ2) is 5.93. The molecule has 2 rings (SSSR count). The summed E-state index contributed by atoms with van der Waals surface area (Å²) < 4.78 is 52.6. The normalized spacial score (nSPS) is 13.0. The minimum atomic E-state index is -4.54. The average Bonchev–Trinajstić information content (AvgIpc) is 2.40. The lowest BCUT2D eigenvalue weighted by Crippen LogP contribution is -2.14. The van der Waals surface area contributed by atoms with Crippen molar-refractivity contribution in [2.24, 2.45) is 0 Å². The number of halogens is 5. The quantitative estimate of drug-likeness (QED) is 0.719. The van der Waals surface area contributed by atoms with Gasteiger partial charge >= 0.3 is 6.18 Å². The SMILES string of the molecule is CC(Nc1c(Cl)cccc1C(F)(F)F)c1ccccc1F. The topological polar surface area (TPSA) is 12.0 Å². The van der Waals surface area contributed by atoms with Crippen molar-refractivity contribution in [1.29, 1.82) is 0 Å². The third kappa shape index (κ3) is 3.47. The monoisotopic (exact) mass is 317 g/mol. The number of benzene rings is 2. The highest BCUT2D eigenvalue weighted by molar-refractivity contribution is 6.33. The Morgan fingerprint density at radius 2 is 1.71 bits per heavy atom. The maximum absolute atomic E-state index is 13.7. The minimum absolute atomic E-state index is 0.0620. The Balaban J connectivity index is 2.38. The summed E-state index contributed by atoms with van der Waals surface area (Å²) in [6.07, 6.45) is -4.54. The number of alkyl halides is 3. The Morgan fingerprint density at radius 1 is 1.05 bits per heavy atom. The molecular weight excluding hydrogens is 306 g/mol. The molecule has 0 saturated carbocycles. The van der Waals surface area contributed by atoms with Crippen LogP contribution in [0.3, 0.4) is 0 Å². The summed E-state index contributed by atoms with van der Waals surface area (Å²) in [4.78, 5) is 0. The number of nitrogens with one attached hydrogen (secondary N) is 1. The van der Waals surface area contributed by atoms with E-state index < -0.39 is 23.6 Å². The Kier molecular flexibility index (Phi) is 4.42. The maximum atomic E-state index is 13.7. The molecule has 0 bridgehead atoms. The van der Waals surface area contributed by atoms with Crippen molar-refractivity contribution in [1.82, 2.24) is 0 Å². The summed E-state index contributed by atoms with van der Waals surface area (Å²) in [5.41, 5.74) is -0.855. The zero-order chi connectivity index (χ0) is 15.6. The third-order valence-corrected chi connectivity index (χ3v) is 3.37. The molecule has 0 heterocycles. The van der Waals surface area contributed by atoms with Gasteiger partial charge in [0.1, 0.15) is 5.82 Å². The summed E-state index contributed by atoms with van der Waals surface area (Å²) in [7, 11) is 0. The van der Waals surface area contributed by atoms with Gasteiger partial charge in [0.25, 0.3) is 0 Å². The highest BCUT2D eigenvalue weighted by atomic mass is 35.5. The second-order valence-corrected chi connectivity index (χ2v) is 4.95. The van der Waals surface area contributed by atoms with E-state index in [1.165, 1.54) is 30.3 Å². The van der Waals surface area contributed by atoms with Gasteiger partial charge < -0.3 is 5.32 Å². The number of hydrogen-bond donors (Lipinski definition) is 1. The van der Waals surface area contributed by atoms with Gasteiger partial charge in [0.05, 0.1) is 22.3 Å². The number of rotatable bonds is 3. The molecule has 0 aliphatic rings. The highest BCUT2D eigenvalue weighted by Crippen LogP contribution is 2.40. The molecule has 6 heteroatoms. The Labute approximate surface area is 124 Å². The first-order valence-electron chi connectivity index (χ1n) is 6.17. The Morgan fingerprint density at radius 3 is 2.33 bits per heavy atom. The molecule has 0 spiro atoms. The van der Waals surface area contributed by atoms with Crippen molar-refractivity contribution in [2.45, 2.75) is 19.1 Å². The summed E-state index contributed by atoms with van der Waals surface area (Å²) in [5.74, 6) is -0.488. The van der Waals surface area contributed by atoms with Gasteiger partial charge in [-0.15, -0.1) is 0 Å². The van der Waals surface area contributed by atoms with Crippen LogP contribution in [0.1, 0.15) is 24.1 Å². The molecule has 0 aliphatic carbocycles. The van der Waals surface area contributed by atoms with Crippen molar-refractivity contribution < 1.29 is 17.6 Å². The lowest BCUT2D eigenvalue weighted by molar-refractivity contribution is -0.137. The summed E-state index contributed by atoms with van der Waals surface area (Å²) >= 11 is 5.85. The molecular formula is C15H12ClF4N. The van der Waals surface area contributed by atoms with Crippen molar-refractivity contribution in [3.05, 3.63) is 64.4 Å². The van der Waals surface area contributed by atoms with Crippen LogP contribution >= 0.6 is 11.6 Å². The van der Waals surface area contributed by atoms with E-state index in [2.05, 4.69) is 5.32 Å². The fraction of sp³-hybridized carbons (Fsp3) is 0.200. The molecule has 0 radical (unpaired) electrons. The first kappa shape index (κ1) is 15.6. The standard InChI is InChI=1S/C15H12ClF4N/c1-9(10-5-2-3-8-13(10)17)21-14-11(15(18,19)20)6-4-7-12(14)16/h2-9,21H,1H3. The molecule has 1 atom stereocenters. The molecule has 0 amide bonds. The summed E-state index contributed by atoms with van der Waals surface area (Å²) in [5, 5.41) is 2.59. The van der Waals surface area contributed by atoms with Crippen LogP contribution in [0.15, 0.2) is 42.5 Å². The van der Waals surface area contributed by atoms with Crippen molar-refractivity contribution in [2.75, 3.05) is 5.32 Å². The summed E-state index contributed by atoms with van der Waals surface area (Å²) in [6, 6.07) is 8.75. The van der Waals surface area contributed by atoms with E-state index in [0.29, 0.717) is 0 Å².